The number of ether oxygens (including phenoxy) is 1. The van der Waals surface area contributed by atoms with Crippen molar-refractivity contribution in [1.29, 1.82) is 0 Å². The normalized spacial score (nSPS) is 27.2. The van der Waals surface area contributed by atoms with Crippen molar-refractivity contribution >= 4 is 6.09 Å². The van der Waals surface area contributed by atoms with Gasteiger partial charge in [0.05, 0.1) is 12.5 Å². The highest BCUT2D eigenvalue weighted by molar-refractivity contribution is 5.69. The van der Waals surface area contributed by atoms with E-state index in [4.69, 9.17) is 4.74 Å². The molecule has 3 rings (SSSR count). The van der Waals surface area contributed by atoms with Gasteiger partial charge in [-0.25, -0.2) is 13.6 Å². The molecule has 0 bridgehead atoms. The Morgan fingerprint density at radius 1 is 1.38 bits per heavy atom. The number of carbonyl (C=O) groups excluding carboxylic acids is 1. The van der Waals surface area contributed by atoms with E-state index in [1.807, 2.05) is 30.3 Å². The van der Waals surface area contributed by atoms with E-state index in [1.54, 1.807) is 0 Å². The predicted molar refractivity (Wildman–Crippen MR) is 73.0 cm³/mol. The van der Waals surface area contributed by atoms with E-state index in [9.17, 15) is 13.6 Å². The van der Waals surface area contributed by atoms with E-state index < -0.39 is 30.5 Å². The summed E-state index contributed by atoms with van der Waals surface area (Å²) in [7, 11) is 0. The third kappa shape index (κ3) is 2.85. The maximum absolute atomic E-state index is 14.0. The lowest BCUT2D eigenvalue weighted by atomic mass is 9.92. The number of nitrogens with zero attached hydrogens (tertiary/aromatic N) is 1. The third-order valence-electron chi connectivity index (χ3n) is 4.21. The first-order valence-corrected chi connectivity index (χ1v) is 7.14. The molecule has 2 atom stereocenters. The van der Waals surface area contributed by atoms with E-state index >= 15 is 0 Å². The Morgan fingerprint density at radius 3 is 2.90 bits per heavy atom. The molecule has 2 aliphatic rings. The van der Waals surface area contributed by atoms with Crippen LogP contribution in [0, 0.1) is 5.92 Å². The number of carbonyl (C=O) groups is 1. The monoisotopic (exact) mass is 296 g/mol. The van der Waals surface area contributed by atoms with Crippen LogP contribution >= 0.6 is 0 Å². The zero-order valence-corrected chi connectivity index (χ0v) is 11.6. The number of benzene rings is 1. The Balaban J connectivity index is 1.64. The molecule has 0 radical (unpaired) electrons. The van der Waals surface area contributed by atoms with Gasteiger partial charge in [-0.15, -0.1) is 0 Å². The van der Waals surface area contributed by atoms with Crippen molar-refractivity contribution < 1.29 is 18.3 Å². The smallest absolute Gasteiger partial charge is 0.410 e. The van der Waals surface area contributed by atoms with Crippen LogP contribution in [0.1, 0.15) is 12.0 Å². The number of amides is 1. The molecule has 0 saturated carbocycles. The summed E-state index contributed by atoms with van der Waals surface area (Å²) in [5.74, 6) is -3.65. The summed E-state index contributed by atoms with van der Waals surface area (Å²) >= 11 is 0. The first kappa shape index (κ1) is 14.3. The fourth-order valence-corrected chi connectivity index (χ4v) is 3.11. The van der Waals surface area contributed by atoms with Crippen molar-refractivity contribution in [1.82, 2.24) is 10.2 Å². The van der Waals surface area contributed by atoms with Crippen LogP contribution in [0.15, 0.2) is 30.3 Å². The Labute approximate surface area is 122 Å². The van der Waals surface area contributed by atoms with Gasteiger partial charge in [0.2, 0.25) is 0 Å². The van der Waals surface area contributed by atoms with Crippen molar-refractivity contribution in [2.75, 3.05) is 19.6 Å². The standard InChI is InChI=1S/C15H18F2N2O2/c16-15(17)10-19(13-6-7-18-8-12(13)15)14(20)21-9-11-4-2-1-3-5-11/h1-5,12-13,18H,6-10H2. The van der Waals surface area contributed by atoms with Crippen LogP contribution in [-0.2, 0) is 11.3 Å². The van der Waals surface area contributed by atoms with Gasteiger partial charge < -0.3 is 10.1 Å². The summed E-state index contributed by atoms with van der Waals surface area (Å²) in [5.41, 5.74) is 0.846. The van der Waals surface area contributed by atoms with Crippen LogP contribution in [-0.4, -0.2) is 42.6 Å². The molecule has 0 spiro atoms. The summed E-state index contributed by atoms with van der Waals surface area (Å²) in [6.45, 7) is 0.467. The molecular formula is C15H18F2N2O2. The molecule has 2 heterocycles. The molecule has 2 unspecified atom stereocenters. The van der Waals surface area contributed by atoms with Gasteiger partial charge in [-0.3, -0.25) is 4.90 Å². The predicted octanol–water partition coefficient (Wildman–Crippen LogP) is 2.25. The lowest BCUT2D eigenvalue weighted by Crippen LogP contribution is -2.47. The maximum Gasteiger partial charge on any atom is 0.410 e. The maximum atomic E-state index is 14.0. The summed E-state index contributed by atoms with van der Waals surface area (Å²) in [4.78, 5) is 13.3. The molecule has 21 heavy (non-hydrogen) atoms. The van der Waals surface area contributed by atoms with Crippen molar-refractivity contribution in [3.8, 4) is 0 Å². The summed E-state index contributed by atoms with van der Waals surface area (Å²) in [6.07, 6.45) is -0.103. The first-order valence-electron chi connectivity index (χ1n) is 7.14. The Bertz CT molecular complexity index is 510. The molecular weight excluding hydrogens is 278 g/mol. The minimum Gasteiger partial charge on any atom is -0.445 e. The molecule has 2 fully saturated rings. The lowest BCUT2D eigenvalue weighted by molar-refractivity contribution is -0.0328. The van der Waals surface area contributed by atoms with Crippen LogP contribution in [0.5, 0.6) is 0 Å². The van der Waals surface area contributed by atoms with Crippen LogP contribution < -0.4 is 5.32 Å². The van der Waals surface area contributed by atoms with Gasteiger partial charge in [-0.05, 0) is 18.5 Å². The van der Waals surface area contributed by atoms with Crippen molar-refractivity contribution in [3.63, 3.8) is 0 Å². The van der Waals surface area contributed by atoms with Gasteiger partial charge in [0, 0.05) is 12.6 Å². The largest absolute Gasteiger partial charge is 0.445 e. The van der Waals surface area contributed by atoms with Gasteiger partial charge in [0.25, 0.3) is 5.92 Å². The molecule has 2 aliphatic heterocycles. The quantitative estimate of drug-likeness (QED) is 0.910. The third-order valence-corrected chi connectivity index (χ3v) is 4.21. The number of rotatable bonds is 2. The second-order valence-corrected chi connectivity index (χ2v) is 5.60. The number of hydrogen-bond donors (Lipinski definition) is 1. The Morgan fingerprint density at radius 2 is 2.14 bits per heavy atom. The SMILES string of the molecule is O=C(OCc1ccccc1)N1CC(F)(F)C2CNCCC21. The summed E-state index contributed by atoms with van der Waals surface area (Å²) < 4.78 is 33.1. The Kier molecular flexibility index (Phi) is 3.80. The van der Waals surface area contributed by atoms with Crippen LogP contribution in [0.4, 0.5) is 13.6 Å². The summed E-state index contributed by atoms with van der Waals surface area (Å²) in [5, 5.41) is 2.97. The number of nitrogens with one attached hydrogen (secondary N) is 1. The number of alkyl halides is 2. The molecule has 2 saturated heterocycles. The van der Waals surface area contributed by atoms with Gasteiger partial charge in [-0.1, -0.05) is 30.3 Å². The fraction of sp³-hybridized carbons (Fsp3) is 0.533. The van der Waals surface area contributed by atoms with Gasteiger partial charge >= 0.3 is 6.09 Å². The van der Waals surface area contributed by atoms with Gasteiger partial charge in [0.15, 0.2) is 0 Å². The summed E-state index contributed by atoms with van der Waals surface area (Å²) in [6, 6.07) is 8.79. The molecule has 6 heteroatoms. The molecule has 0 aliphatic carbocycles. The lowest BCUT2D eigenvalue weighted by Gasteiger charge is -2.31. The van der Waals surface area contributed by atoms with Gasteiger partial charge in [0.1, 0.15) is 6.61 Å². The average Bonchev–Trinajstić information content (AvgIpc) is 2.78. The zero-order chi connectivity index (χ0) is 14.9. The van der Waals surface area contributed by atoms with Crippen molar-refractivity contribution in [3.05, 3.63) is 35.9 Å². The second-order valence-electron chi connectivity index (χ2n) is 5.60. The fourth-order valence-electron chi connectivity index (χ4n) is 3.11. The zero-order valence-electron chi connectivity index (χ0n) is 11.6. The number of hydrogen-bond acceptors (Lipinski definition) is 3. The van der Waals surface area contributed by atoms with E-state index in [2.05, 4.69) is 5.32 Å². The van der Waals surface area contributed by atoms with E-state index in [1.165, 1.54) is 4.90 Å². The Hall–Kier alpha value is -1.69. The van der Waals surface area contributed by atoms with Crippen LogP contribution in [0.25, 0.3) is 0 Å². The minimum atomic E-state index is -2.84. The molecule has 0 aromatic heterocycles. The topological polar surface area (TPSA) is 41.6 Å². The van der Waals surface area contributed by atoms with Crippen molar-refractivity contribution in [2.45, 2.75) is 25.0 Å². The van der Waals surface area contributed by atoms with Crippen LogP contribution in [0.2, 0.25) is 0 Å². The molecule has 1 amide bonds. The molecule has 1 N–H and O–H groups in total. The number of halogens is 2. The van der Waals surface area contributed by atoms with Crippen molar-refractivity contribution in [2.24, 2.45) is 5.92 Å². The molecule has 4 nitrogen and oxygen atoms in total. The molecule has 1 aromatic carbocycles. The average molecular weight is 296 g/mol. The molecule has 114 valence electrons. The van der Waals surface area contributed by atoms with Crippen LogP contribution in [0.3, 0.4) is 0 Å². The highest BCUT2D eigenvalue weighted by Gasteiger charge is 2.56. The highest BCUT2D eigenvalue weighted by atomic mass is 19.3. The van der Waals surface area contributed by atoms with E-state index in [-0.39, 0.29) is 13.2 Å². The number of likely N-dealkylation sites (tertiary alicyclic amines) is 1. The minimum absolute atomic E-state index is 0.109. The van der Waals surface area contributed by atoms with E-state index in [0.29, 0.717) is 13.0 Å². The number of fused-ring (bicyclic) bond motifs is 1. The highest BCUT2D eigenvalue weighted by Crippen LogP contribution is 2.40. The number of piperidine rings is 1. The first-order chi connectivity index (χ1) is 10.1. The van der Waals surface area contributed by atoms with Gasteiger partial charge in [-0.2, -0.15) is 0 Å². The second kappa shape index (κ2) is 5.60. The molecule has 1 aromatic rings. The van der Waals surface area contributed by atoms with E-state index in [0.717, 1.165) is 5.56 Å².